The lowest BCUT2D eigenvalue weighted by atomic mass is 9.98. The van der Waals surface area contributed by atoms with Gasteiger partial charge in [0.05, 0.1) is 0 Å². The van der Waals surface area contributed by atoms with Crippen LogP contribution in [0, 0.1) is 5.82 Å². The summed E-state index contributed by atoms with van der Waals surface area (Å²) in [5.41, 5.74) is 1.60. The van der Waals surface area contributed by atoms with E-state index in [-0.39, 0.29) is 11.9 Å². The lowest BCUT2D eigenvalue weighted by Crippen LogP contribution is -2.19. The van der Waals surface area contributed by atoms with E-state index in [0.717, 1.165) is 14.5 Å². The second-order valence-electron chi connectivity index (χ2n) is 4.45. The fraction of sp³-hybridized carbons (Fsp3) is 0.200. The molecule has 0 fully saturated rings. The van der Waals surface area contributed by atoms with Crippen LogP contribution in [0.15, 0.2) is 45.3 Å². The summed E-state index contributed by atoms with van der Waals surface area (Å²) < 4.78 is 15.7. The van der Waals surface area contributed by atoms with Crippen molar-refractivity contribution in [3.05, 3.63) is 67.3 Å². The number of halogens is 4. The second-order valence-corrected chi connectivity index (χ2v) is 6.69. The number of hydrogen-bond acceptors (Lipinski definition) is 1. The Morgan fingerprint density at radius 3 is 2.50 bits per heavy atom. The van der Waals surface area contributed by atoms with Crippen LogP contribution in [0.4, 0.5) is 4.39 Å². The van der Waals surface area contributed by atoms with Gasteiger partial charge in [-0.15, -0.1) is 0 Å². The van der Waals surface area contributed by atoms with Crippen LogP contribution >= 0.6 is 43.5 Å². The van der Waals surface area contributed by atoms with Crippen LogP contribution in [-0.2, 0) is 6.42 Å². The average molecular weight is 422 g/mol. The molecule has 0 aliphatic rings. The van der Waals surface area contributed by atoms with E-state index in [1.807, 2.05) is 25.2 Å². The van der Waals surface area contributed by atoms with Crippen LogP contribution in [0.25, 0.3) is 0 Å². The van der Waals surface area contributed by atoms with E-state index < -0.39 is 0 Å². The number of likely N-dealkylation sites (N-methyl/N-ethyl adjacent to an activating group) is 1. The zero-order chi connectivity index (χ0) is 14.7. The SMILES string of the molecule is CNC(Cc1cc(Br)ccc1F)c1cc(Br)ccc1Cl. The molecule has 1 atom stereocenters. The molecule has 2 aromatic carbocycles. The number of hydrogen-bond donors (Lipinski definition) is 1. The molecule has 1 nitrogen and oxygen atoms in total. The summed E-state index contributed by atoms with van der Waals surface area (Å²) in [5, 5.41) is 3.86. The Balaban J connectivity index is 2.33. The monoisotopic (exact) mass is 419 g/mol. The smallest absolute Gasteiger partial charge is 0.126 e. The maximum atomic E-state index is 13.9. The summed E-state index contributed by atoms with van der Waals surface area (Å²) in [6.45, 7) is 0. The summed E-state index contributed by atoms with van der Waals surface area (Å²) >= 11 is 13.1. The van der Waals surface area contributed by atoms with Crippen LogP contribution in [0.2, 0.25) is 5.02 Å². The van der Waals surface area contributed by atoms with E-state index in [0.29, 0.717) is 17.0 Å². The molecule has 0 saturated heterocycles. The molecule has 0 saturated carbocycles. The summed E-state index contributed by atoms with van der Waals surface area (Å²) in [6.07, 6.45) is 0.526. The molecule has 1 unspecified atom stereocenters. The van der Waals surface area contributed by atoms with Crippen molar-refractivity contribution in [1.82, 2.24) is 5.32 Å². The number of rotatable bonds is 4. The Kier molecular flexibility index (Phi) is 5.61. The van der Waals surface area contributed by atoms with Gasteiger partial charge in [0.15, 0.2) is 0 Å². The fourth-order valence-electron chi connectivity index (χ4n) is 2.07. The average Bonchev–Trinajstić information content (AvgIpc) is 2.42. The van der Waals surface area contributed by atoms with E-state index in [9.17, 15) is 4.39 Å². The minimum absolute atomic E-state index is 0.0520. The van der Waals surface area contributed by atoms with E-state index in [1.165, 1.54) is 6.07 Å². The molecule has 0 aliphatic heterocycles. The summed E-state index contributed by atoms with van der Waals surface area (Å²) in [7, 11) is 1.85. The zero-order valence-corrected chi connectivity index (χ0v) is 14.7. The van der Waals surface area contributed by atoms with Crippen molar-refractivity contribution in [2.45, 2.75) is 12.5 Å². The molecule has 0 aliphatic carbocycles. The molecule has 0 heterocycles. The standard InChI is InChI=1S/C15H13Br2ClFN/c1-20-15(12-8-11(17)2-4-13(12)18)7-9-6-10(16)3-5-14(9)19/h2-6,8,15,20H,7H2,1H3. The van der Waals surface area contributed by atoms with Crippen LogP contribution in [0.3, 0.4) is 0 Å². The number of benzene rings is 2. The molecule has 2 rings (SSSR count). The zero-order valence-electron chi connectivity index (χ0n) is 10.8. The van der Waals surface area contributed by atoms with Crippen LogP contribution in [-0.4, -0.2) is 7.05 Å². The Bertz CT molecular complexity index is 619. The van der Waals surface area contributed by atoms with Gasteiger partial charge in [-0.25, -0.2) is 4.39 Å². The van der Waals surface area contributed by atoms with Crippen molar-refractivity contribution in [2.24, 2.45) is 0 Å². The molecule has 0 spiro atoms. The lowest BCUT2D eigenvalue weighted by Gasteiger charge is -2.19. The van der Waals surface area contributed by atoms with Gasteiger partial charge in [-0.3, -0.25) is 0 Å². The normalized spacial score (nSPS) is 12.4. The predicted molar refractivity (Wildman–Crippen MR) is 88.8 cm³/mol. The highest BCUT2D eigenvalue weighted by Crippen LogP contribution is 2.29. The van der Waals surface area contributed by atoms with Crippen molar-refractivity contribution in [3.8, 4) is 0 Å². The lowest BCUT2D eigenvalue weighted by molar-refractivity contribution is 0.554. The van der Waals surface area contributed by atoms with Gasteiger partial charge in [0.25, 0.3) is 0 Å². The van der Waals surface area contributed by atoms with E-state index in [2.05, 4.69) is 37.2 Å². The number of nitrogens with one attached hydrogen (secondary N) is 1. The molecule has 5 heteroatoms. The maximum absolute atomic E-state index is 13.9. The third kappa shape index (κ3) is 3.82. The Morgan fingerprint density at radius 2 is 1.80 bits per heavy atom. The van der Waals surface area contributed by atoms with Crippen LogP contribution in [0.5, 0.6) is 0 Å². The van der Waals surface area contributed by atoms with Crippen molar-refractivity contribution in [2.75, 3.05) is 7.05 Å². The highest BCUT2D eigenvalue weighted by atomic mass is 79.9. The highest BCUT2D eigenvalue weighted by molar-refractivity contribution is 9.10. The van der Waals surface area contributed by atoms with Gasteiger partial charge in [0.1, 0.15) is 5.82 Å². The first-order valence-corrected chi connectivity index (χ1v) is 8.04. The van der Waals surface area contributed by atoms with Crippen LogP contribution in [0.1, 0.15) is 17.2 Å². The molecule has 0 aromatic heterocycles. The largest absolute Gasteiger partial charge is 0.313 e. The molecular weight excluding hydrogens is 408 g/mol. The van der Waals surface area contributed by atoms with Gasteiger partial charge in [-0.05, 0) is 61.0 Å². The van der Waals surface area contributed by atoms with Crippen molar-refractivity contribution in [1.29, 1.82) is 0 Å². The molecular formula is C15H13Br2ClFN. The van der Waals surface area contributed by atoms with Gasteiger partial charge in [0.2, 0.25) is 0 Å². The first-order valence-electron chi connectivity index (χ1n) is 6.07. The first-order chi connectivity index (χ1) is 9.51. The minimum Gasteiger partial charge on any atom is -0.313 e. The molecule has 2 aromatic rings. The molecule has 1 N–H and O–H groups in total. The van der Waals surface area contributed by atoms with Gasteiger partial charge >= 0.3 is 0 Å². The molecule has 106 valence electrons. The van der Waals surface area contributed by atoms with Gasteiger partial charge in [-0.1, -0.05) is 43.5 Å². The van der Waals surface area contributed by atoms with Gasteiger partial charge < -0.3 is 5.32 Å². The highest BCUT2D eigenvalue weighted by Gasteiger charge is 2.16. The molecule has 20 heavy (non-hydrogen) atoms. The Labute approximate surface area is 139 Å². The van der Waals surface area contributed by atoms with Gasteiger partial charge in [0, 0.05) is 20.0 Å². The predicted octanol–water partition coefficient (Wildman–Crippen LogP) is 5.51. The molecule has 0 radical (unpaired) electrons. The third-order valence-corrected chi connectivity index (χ3v) is 4.44. The van der Waals surface area contributed by atoms with Crippen molar-refractivity contribution in [3.63, 3.8) is 0 Å². The summed E-state index contributed by atoms with van der Waals surface area (Å²) in [6, 6.07) is 10.6. The van der Waals surface area contributed by atoms with Crippen molar-refractivity contribution < 1.29 is 4.39 Å². The van der Waals surface area contributed by atoms with E-state index >= 15 is 0 Å². The van der Waals surface area contributed by atoms with Gasteiger partial charge in [-0.2, -0.15) is 0 Å². The topological polar surface area (TPSA) is 12.0 Å². The second kappa shape index (κ2) is 7.03. The Morgan fingerprint density at radius 1 is 1.15 bits per heavy atom. The summed E-state index contributed by atoms with van der Waals surface area (Å²) in [5.74, 6) is -0.209. The molecule has 0 amide bonds. The van der Waals surface area contributed by atoms with Crippen LogP contribution < -0.4 is 5.32 Å². The fourth-order valence-corrected chi connectivity index (χ4v) is 3.11. The van der Waals surface area contributed by atoms with E-state index in [1.54, 1.807) is 12.1 Å². The summed E-state index contributed by atoms with van der Waals surface area (Å²) in [4.78, 5) is 0. The van der Waals surface area contributed by atoms with Crippen molar-refractivity contribution >= 4 is 43.5 Å². The quantitative estimate of drug-likeness (QED) is 0.687. The Hall–Kier alpha value is -0.420. The third-order valence-electron chi connectivity index (χ3n) is 3.11. The molecule has 0 bridgehead atoms. The minimum atomic E-state index is -0.209. The van der Waals surface area contributed by atoms with E-state index in [4.69, 9.17) is 11.6 Å². The maximum Gasteiger partial charge on any atom is 0.126 e. The first kappa shape index (κ1) is 16.0.